The van der Waals surface area contributed by atoms with Crippen LogP contribution in [0.5, 0.6) is 0 Å². The van der Waals surface area contributed by atoms with E-state index in [-0.39, 0.29) is 0 Å². The molecule has 5 heterocycles. The molecule has 5 aromatic heterocycles. The SMILES string of the molecule is C=C/C=C\c1oc2cccc(-c3nc(-c4ccccc4)nc(-c4cccc5sc6cccc(-c7nc(-c8ccccc8)c8sc9ccccc9c8n7)c6c45)n3)c2c1C. The first-order valence-corrected chi connectivity index (χ1v) is 20.6. The van der Waals surface area contributed by atoms with E-state index < -0.39 is 0 Å². The van der Waals surface area contributed by atoms with Crippen LogP contribution in [0.15, 0.2) is 163 Å². The second-order valence-corrected chi connectivity index (χ2v) is 16.2. The molecule has 0 unspecified atom stereocenters. The highest BCUT2D eigenvalue weighted by Gasteiger charge is 2.23. The van der Waals surface area contributed by atoms with E-state index >= 15 is 0 Å². The molecule has 0 radical (unpaired) electrons. The third kappa shape index (κ3) is 5.56. The highest BCUT2D eigenvalue weighted by Crippen LogP contribution is 2.46. The normalized spacial score (nSPS) is 11.9. The maximum absolute atomic E-state index is 6.31. The lowest BCUT2D eigenvalue weighted by Crippen LogP contribution is -2.01. The molecule has 0 amide bonds. The standard InChI is InChI=1S/C50H31N5OS2/c1-3-4-24-36-29(2)41-33(21-13-25-37(41)56-36)49-53-47(31-18-9-6-10-19-31)54-50(55-49)35-23-15-28-40-43(35)42-34(22-14-27-39(42)57-40)48-51-44(30-16-7-5-8-17-30)46-45(52-48)32-20-11-12-26-38(32)58-46/h3-28H,1H2,2H3/b24-4-. The summed E-state index contributed by atoms with van der Waals surface area (Å²) in [5, 5.41) is 4.23. The van der Waals surface area contributed by atoms with Crippen molar-refractivity contribution in [2.24, 2.45) is 0 Å². The zero-order valence-corrected chi connectivity index (χ0v) is 32.8. The van der Waals surface area contributed by atoms with Crippen LogP contribution in [0.25, 0.3) is 114 Å². The summed E-state index contributed by atoms with van der Waals surface area (Å²) in [6, 6.07) is 47.8. The Morgan fingerprint density at radius 3 is 1.78 bits per heavy atom. The minimum absolute atomic E-state index is 0.569. The van der Waals surface area contributed by atoms with Crippen molar-refractivity contribution >= 4 is 80.2 Å². The van der Waals surface area contributed by atoms with Gasteiger partial charge in [-0.2, -0.15) is 0 Å². The van der Waals surface area contributed by atoms with E-state index in [0.29, 0.717) is 23.3 Å². The van der Waals surface area contributed by atoms with E-state index in [0.717, 1.165) is 91.6 Å². The zero-order chi connectivity index (χ0) is 38.7. The van der Waals surface area contributed by atoms with Crippen molar-refractivity contribution in [3.8, 4) is 56.8 Å². The van der Waals surface area contributed by atoms with Crippen LogP contribution in [0.1, 0.15) is 11.3 Å². The van der Waals surface area contributed by atoms with Gasteiger partial charge < -0.3 is 4.42 Å². The number of aryl methyl sites for hydroxylation is 1. The van der Waals surface area contributed by atoms with Crippen LogP contribution < -0.4 is 0 Å². The Labute approximate surface area is 341 Å². The van der Waals surface area contributed by atoms with Gasteiger partial charge in [0.25, 0.3) is 0 Å². The molecular weight excluding hydrogens is 751 g/mol. The Morgan fingerprint density at radius 1 is 0.517 bits per heavy atom. The Hall–Kier alpha value is -7.13. The summed E-state index contributed by atoms with van der Waals surface area (Å²) in [7, 11) is 0. The van der Waals surface area contributed by atoms with Crippen molar-refractivity contribution in [2.75, 3.05) is 0 Å². The molecule has 58 heavy (non-hydrogen) atoms. The predicted octanol–water partition coefficient (Wildman–Crippen LogP) is 14.0. The third-order valence-electron chi connectivity index (χ3n) is 10.6. The van der Waals surface area contributed by atoms with Crippen molar-refractivity contribution in [1.29, 1.82) is 0 Å². The first-order valence-electron chi connectivity index (χ1n) is 19.0. The molecular formula is C50H31N5OS2. The van der Waals surface area contributed by atoms with Crippen molar-refractivity contribution < 1.29 is 4.42 Å². The molecule has 8 heteroatoms. The Morgan fingerprint density at radius 2 is 1.09 bits per heavy atom. The minimum atomic E-state index is 0.569. The van der Waals surface area contributed by atoms with Gasteiger partial charge >= 0.3 is 0 Å². The molecule has 6 aromatic carbocycles. The molecule has 6 nitrogen and oxygen atoms in total. The average Bonchev–Trinajstić information content (AvgIpc) is 3.96. The molecule has 0 spiro atoms. The number of rotatable bonds is 7. The topological polar surface area (TPSA) is 77.6 Å². The lowest BCUT2D eigenvalue weighted by Gasteiger charge is -2.11. The van der Waals surface area contributed by atoms with Crippen molar-refractivity contribution in [3.05, 3.63) is 170 Å². The summed E-state index contributed by atoms with van der Waals surface area (Å²) in [6.07, 6.45) is 5.56. The quantitative estimate of drug-likeness (QED) is 0.150. The van der Waals surface area contributed by atoms with Crippen LogP contribution in [-0.4, -0.2) is 24.9 Å². The van der Waals surface area contributed by atoms with Crippen molar-refractivity contribution in [2.45, 2.75) is 6.92 Å². The fraction of sp³-hybridized carbons (Fsp3) is 0.0200. The van der Waals surface area contributed by atoms with Crippen molar-refractivity contribution in [3.63, 3.8) is 0 Å². The second kappa shape index (κ2) is 13.8. The van der Waals surface area contributed by atoms with Crippen LogP contribution in [0.2, 0.25) is 0 Å². The second-order valence-electron chi connectivity index (χ2n) is 14.0. The van der Waals surface area contributed by atoms with Crippen LogP contribution in [0.3, 0.4) is 0 Å². The number of hydrogen-bond acceptors (Lipinski definition) is 8. The number of thiophene rings is 2. The van der Waals surface area contributed by atoms with Gasteiger partial charge in [0, 0.05) is 69.0 Å². The van der Waals surface area contributed by atoms with Gasteiger partial charge in [0.1, 0.15) is 11.3 Å². The number of aromatic nitrogens is 5. The fourth-order valence-corrected chi connectivity index (χ4v) is 10.2. The molecule has 0 saturated carbocycles. The molecule has 0 N–H and O–H groups in total. The summed E-state index contributed by atoms with van der Waals surface area (Å²) >= 11 is 3.49. The largest absolute Gasteiger partial charge is 0.456 e. The third-order valence-corrected chi connectivity index (χ3v) is 12.8. The molecule has 0 aliphatic carbocycles. The van der Waals surface area contributed by atoms with Gasteiger partial charge in [-0.15, -0.1) is 22.7 Å². The van der Waals surface area contributed by atoms with Gasteiger partial charge in [-0.1, -0.05) is 134 Å². The predicted molar refractivity (Wildman–Crippen MR) is 242 cm³/mol. The first kappa shape index (κ1) is 34.1. The van der Waals surface area contributed by atoms with Gasteiger partial charge in [-0.25, -0.2) is 24.9 Å². The van der Waals surface area contributed by atoms with Gasteiger partial charge in [-0.05, 0) is 37.3 Å². The number of allylic oxidation sites excluding steroid dienone is 2. The molecule has 0 atom stereocenters. The number of nitrogens with zero attached hydrogens (tertiary/aromatic N) is 5. The lowest BCUT2D eigenvalue weighted by atomic mass is 10.0. The van der Waals surface area contributed by atoms with E-state index in [4.69, 9.17) is 29.3 Å². The molecule has 0 aliphatic heterocycles. The Balaban J connectivity index is 1.18. The van der Waals surface area contributed by atoms with Gasteiger partial charge in [0.05, 0.1) is 15.9 Å². The molecule has 0 saturated heterocycles. The maximum atomic E-state index is 6.31. The molecule has 0 bridgehead atoms. The number of benzene rings is 6. The number of fused-ring (bicyclic) bond motifs is 7. The average molecular weight is 782 g/mol. The zero-order valence-electron chi connectivity index (χ0n) is 31.2. The monoisotopic (exact) mass is 781 g/mol. The van der Waals surface area contributed by atoms with Crippen LogP contribution in [-0.2, 0) is 0 Å². The molecule has 11 rings (SSSR count). The smallest absolute Gasteiger partial charge is 0.164 e. The Kier molecular flexibility index (Phi) is 8.13. The number of hydrogen-bond donors (Lipinski definition) is 0. The van der Waals surface area contributed by atoms with Crippen LogP contribution >= 0.6 is 22.7 Å². The van der Waals surface area contributed by atoms with Gasteiger partial charge in [-0.3, -0.25) is 0 Å². The molecule has 0 aliphatic rings. The van der Waals surface area contributed by atoms with E-state index in [9.17, 15) is 0 Å². The van der Waals surface area contributed by atoms with Crippen LogP contribution in [0.4, 0.5) is 0 Å². The van der Waals surface area contributed by atoms with Crippen molar-refractivity contribution in [1.82, 2.24) is 24.9 Å². The van der Waals surface area contributed by atoms with Gasteiger partial charge in [0.15, 0.2) is 23.3 Å². The van der Waals surface area contributed by atoms with E-state index in [1.54, 1.807) is 28.7 Å². The Bertz CT molecular complexity index is 3440. The van der Waals surface area contributed by atoms with E-state index in [1.807, 2.05) is 60.7 Å². The minimum Gasteiger partial charge on any atom is -0.456 e. The lowest BCUT2D eigenvalue weighted by molar-refractivity contribution is 0.601. The molecule has 0 fully saturated rings. The summed E-state index contributed by atoms with van der Waals surface area (Å²) in [4.78, 5) is 26.4. The number of furan rings is 1. The van der Waals surface area contributed by atoms with E-state index in [1.165, 1.54) is 4.70 Å². The molecule has 11 aromatic rings. The summed E-state index contributed by atoms with van der Waals surface area (Å²) in [5.41, 5.74) is 8.37. The highest BCUT2D eigenvalue weighted by molar-refractivity contribution is 7.26. The summed E-state index contributed by atoms with van der Waals surface area (Å²) in [6.45, 7) is 5.91. The maximum Gasteiger partial charge on any atom is 0.164 e. The highest BCUT2D eigenvalue weighted by atomic mass is 32.1. The molecule has 274 valence electrons. The fourth-order valence-electron chi connectivity index (χ4n) is 7.90. The van der Waals surface area contributed by atoms with Gasteiger partial charge in [0.2, 0.25) is 0 Å². The van der Waals surface area contributed by atoms with Crippen LogP contribution in [0, 0.1) is 6.92 Å². The summed E-state index contributed by atoms with van der Waals surface area (Å²) in [5.74, 6) is 3.19. The first-order chi connectivity index (χ1) is 28.6. The van der Waals surface area contributed by atoms with E-state index in [2.05, 4.69) is 104 Å². The summed E-state index contributed by atoms with van der Waals surface area (Å²) < 4.78 is 10.8.